The third-order valence-electron chi connectivity index (χ3n) is 3.61. The lowest BCUT2D eigenvalue weighted by Crippen LogP contribution is -2.26. The van der Waals surface area contributed by atoms with E-state index in [9.17, 15) is 0 Å². The molecule has 0 heterocycles. The van der Waals surface area contributed by atoms with E-state index in [-0.39, 0.29) is 0 Å². The Labute approximate surface area is 116 Å². The van der Waals surface area contributed by atoms with Gasteiger partial charge in [0.1, 0.15) is 0 Å². The Balaban J connectivity index is 1.80. The molecule has 0 saturated heterocycles. The molecule has 2 atom stereocenters. The van der Waals surface area contributed by atoms with Crippen molar-refractivity contribution in [2.45, 2.75) is 50.8 Å². The Kier molecular flexibility index (Phi) is 5.43. The minimum atomic E-state index is 0.671. The van der Waals surface area contributed by atoms with Gasteiger partial charge in [0.2, 0.25) is 0 Å². The number of nitrogens with one attached hydrogen (secondary N) is 1. The van der Waals surface area contributed by atoms with Crippen LogP contribution in [0.3, 0.4) is 0 Å². The lowest BCUT2D eigenvalue weighted by molar-refractivity contribution is 0.630. The van der Waals surface area contributed by atoms with Crippen molar-refractivity contribution in [3.05, 3.63) is 30.3 Å². The molecule has 2 rings (SSSR count). The van der Waals surface area contributed by atoms with Crippen LogP contribution in [0.2, 0.25) is 0 Å². The Morgan fingerprint density at radius 2 is 2.00 bits per heavy atom. The molecule has 1 saturated carbocycles. The van der Waals surface area contributed by atoms with Crippen molar-refractivity contribution in [2.75, 3.05) is 11.1 Å². The second-order valence-corrected chi connectivity index (χ2v) is 6.99. The van der Waals surface area contributed by atoms with Gasteiger partial charge in [-0.2, -0.15) is 11.8 Å². The molecule has 1 aromatic rings. The van der Waals surface area contributed by atoms with Crippen molar-refractivity contribution in [3.63, 3.8) is 0 Å². The van der Waals surface area contributed by atoms with Crippen molar-refractivity contribution >= 4 is 17.4 Å². The highest BCUT2D eigenvalue weighted by Gasteiger charge is 2.27. The van der Waals surface area contributed by atoms with Crippen LogP contribution in [0.4, 0.5) is 5.69 Å². The maximum absolute atomic E-state index is 3.71. The zero-order valence-corrected chi connectivity index (χ0v) is 12.4. The fourth-order valence-corrected chi connectivity index (χ4v) is 4.17. The highest BCUT2D eigenvalue weighted by molar-refractivity contribution is 7.99. The van der Waals surface area contributed by atoms with E-state index in [1.807, 2.05) is 0 Å². The van der Waals surface area contributed by atoms with Crippen molar-refractivity contribution in [3.8, 4) is 0 Å². The van der Waals surface area contributed by atoms with Gasteiger partial charge in [0.25, 0.3) is 0 Å². The number of anilines is 1. The molecule has 0 aromatic heterocycles. The van der Waals surface area contributed by atoms with Gasteiger partial charge in [0.15, 0.2) is 0 Å². The first-order valence-corrected chi connectivity index (χ1v) is 8.24. The summed E-state index contributed by atoms with van der Waals surface area (Å²) < 4.78 is 0. The van der Waals surface area contributed by atoms with E-state index in [4.69, 9.17) is 0 Å². The molecule has 0 bridgehead atoms. The molecule has 100 valence electrons. The smallest absolute Gasteiger partial charge is 0.0380 e. The average Bonchev–Trinajstić information content (AvgIpc) is 2.78. The molecule has 0 radical (unpaired) electrons. The fraction of sp³-hybridized carbons (Fsp3) is 0.625. The van der Waals surface area contributed by atoms with Gasteiger partial charge in [-0.15, -0.1) is 0 Å². The lowest BCUT2D eigenvalue weighted by atomic mass is 10.2. The summed E-state index contributed by atoms with van der Waals surface area (Å²) in [6.45, 7) is 4.63. The minimum Gasteiger partial charge on any atom is -0.381 e. The summed E-state index contributed by atoms with van der Waals surface area (Å²) in [5.74, 6) is 2.15. The number of hydrogen-bond donors (Lipinski definition) is 1. The molecular formula is C16H25NS. The first kappa shape index (κ1) is 13.8. The van der Waals surface area contributed by atoms with E-state index in [0.717, 1.165) is 11.2 Å². The maximum Gasteiger partial charge on any atom is 0.0380 e. The highest BCUT2D eigenvalue weighted by Crippen LogP contribution is 2.32. The van der Waals surface area contributed by atoms with Crippen LogP contribution >= 0.6 is 11.8 Å². The molecule has 0 spiro atoms. The second-order valence-electron chi connectivity index (χ2n) is 5.64. The third kappa shape index (κ3) is 4.24. The summed E-state index contributed by atoms with van der Waals surface area (Å²) in [6.07, 6.45) is 5.44. The summed E-state index contributed by atoms with van der Waals surface area (Å²) in [5, 5.41) is 4.52. The SMILES string of the molecule is CC(C)CCS[C@@H]1CCC[C@H]1Nc1ccccc1. The first-order chi connectivity index (χ1) is 8.75. The van der Waals surface area contributed by atoms with E-state index in [0.29, 0.717) is 6.04 Å². The Morgan fingerprint density at radius 1 is 1.22 bits per heavy atom. The van der Waals surface area contributed by atoms with Crippen LogP contribution in [0.5, 0.6) is 0 Å². The van der Waals surface area contributed by atoms with Crippen LogP contribution in [-0.4, -0.2) is 17.0 Å². The van der Waals surface area contributed by atoms with Gasteiger partial charge < -0.3 is 5.32 Å². The standard InChI is InChI=1S/C16H25NS/c1-13(2)11-12-18-16-10-6-9-15(16)17-14-7-4-3-5-8-14/h3-5,7-8,13,15-17H,6,9-12H2,1-2H3/t15-,16-/m1/s1. The van der Waals surface area contributed by atoms with Crippen LogP contribution in [0.1, 0.15) is 39.5 Å². The molecule has 0 amide bonds. The fourth-order valence-electron chi connectivity index (χ4n) is 2.49. The van der Waals surface area contributed by atoms with Gasteiger partial charge in [0.05, 0.1) is 0 Å². The Morgan fingerprint density at radius 3 is 2.72 bits per heavy atom. The van der Waals surface area contributed by atoms with Crippen LogP contribution < -0.4 is 5.32 Å². The molecule has 2 heteroatoms. The minimum absolute atomic E-state index is 0.671. The summed E-state index contributed by atoms with van der Waals surface area (Å²) in [5.41, 5.74) is 1.28. The van der Waals surface area contributed by atoms with Gasteiger partial charge in [-0.25, -0.2) is 0 Å². The van der Waals surface area contributed by atoms with Crippen LogP contribution in [-0.2, 0) is 0 Å². The average molecular weight is 263 g/mol. The van der Waals surface area contributed by atoms with Crippen molar-refractivity contribution in [1.29, 1.82) is 0 Å². The summed E-state index contributed by atoms with van der Waals surface area (Å²) >= 11 is 2.18. The van der Waals surface area contributed by atoms with E-state index >= 15 is 0 Å². The Bertz CT molecular complexity index is 336. The third-order valence-corrected chi connectivity index (χ3v) is 5.07. The van der Waals surface area contributed by atoms with Crippen LogP contribution in [0, 0.1) is 5.92 Å². The highest BCUT2D eigenvalue weighted by atomic mass is 32.2. The van der Waals surface area contributed by atoms with Crippen LogP contribution in [0.15, 0.2) is 30.3 Å². The van der Waals surface area contributed by atoms with E-state index < -0.39 is 0 Å². The summed E-state index contributed by atoms with van der Waals surface area (Å²) in [6, 6.07) is 11.3. The molecule has 1 nitrogen and oxygen atoms in total. The van der Waals surface area contributed by atoms with Crippen molar-refractivity contribution in [2.24, 2.45) is 5.92 Å². The van der Waals surface area contributed by atoms with Gasteiger partial charge in [0, 0.05) is 17.0 Å². The molecule has 1 N–H and O–H groups in total. The Hall–Kier alpha value is -0.630. The zero-order valence-electron chi connectivity index (χ0n) is 11.6. The van der Waals surface area contributed by atoms with Gasteiger partial charge in [-0.05, 0) is 43.1 Å². The zero-order chi connectivity index (χ0) is 12.8. The number of thioether (sulfide) groups is 1. The monoisotopic (exact) mass is 263 g/mol. The van der Waals surface area contributed by atoms with E-state index in [2.05, 4.69) is 61.3 Å². The van der Waals surface area contributed by atoms with E-state index in [1.165, 1.54) is 37.1 Å². The molecule has 18 heavy (non-hydrogen) atoms. The molecule has 0 unspecified atom stereocenters. The first-order valence-electron chi connectivity index (χ1n) is 7.19. The molecule has 1 aliphatic carbocycles. The number of hydrogen-bond acceptors (Lipinski definition) is 2. The maximum atomic E-state index is 3.71. The van der Waals surface area contributed by atoms with Crippen molar-refractivity contribution < 1.29 is 0 Å². The molecule has 1 aliphatic rings. The number of rotatable bonds is 6. The predicted octanol–water partition coefficient (Wildman–Crippen LogP) is 4.80. The lowest BCUT2D eigenvalue weighted by Gasteiger charge is -2.22. The van der Waals surface area contributed by atoms with E-state index in [1.54, 1.807) is 0 Å². The summed E-state index contributed by atoms with van der Waals surface area (Å²) in [4.78, 5) is 0. The van der Waals surface area contributed by atoms with Crippen molar-refractivity contribution in [1.82, 2.24) is 0 Å². The van der Waals surface area contributed by atoms with Gasteiger partial charge in [-0.3, -0.25) is 0 Å². The number of benzene rings is 1. The summed E-state index contributed by atoms with van der Waals surface area (Å²) in [7, 11) is 0. The van der Waals surface area contributed by atoms with Gasteiger partial charge >= 0.3 is 0 Å². The molecule has 1 fully saturated rings. The number of para-hydroxylation sites is 1. The van der Waals surface area contributed by atoms with Gasteiger partial charge in [-0.1, -0.05) is 38.5 Å². The quantitative estimate of drug-likeness (QED) is 0.791. The molecular weight excluding hydrogens is 238 g/mol. The molecule has 0 aliphatic heterocycles. The van der Waals surface area contributed by atoms with Crippen LogP contribution in [0.25, 0.3) is 0 Å². The normalized spacial score (nSPS) is 23.5. The second kappa shape index (κ2) is 7.08. The molecule has 1 aromatic carbocycles. The largest absolute Gasteiger partial charge is 0.381 e. The predicted molar refractivity (Wildman–Crippen MR) is 83.4 cm³/mol. The topological polar surface area (TPSA) is 12.0 Å².